The van der Waals surface area contributed by atoms with Crippen molar-refractivity contribution in [1.82, 2.24) is 4.98 Å². The van der Waals surface area contributed by atoms with Gasteiger partial charge < -0.3 is 0 Å². The van der Waals surface area contributed by atoms with Gasteiger partial charge in [-0.2, -0.15) is 0 Å². The lowest BCUT2D eigenvalue weighted by atomic mass is 9.63. The van der Waals surface area contributed by atoms with Gasteiger partial charge in [-0.25, -0.2) is 4.90 Å². The minimum Gasteiger partial charge on any atom is -0.274 e. The molecule has 4 heteroatoms. The number of hydrogen-bond acceptors (Lipinski definition) is 3. The van der Waals surface area contributed by atoms with E-state index in [4.69, 9.17) is 0 Å². The zero-order valence-electron chi connectivity index (χ0n) is 10.8. The van der Waals surface area contributed by atoms with Gasteiger partial charge in [0.2, 0.25) is 11.8 Å². The van der Waals surface area contributed by atoms with Crippen molar-refractivity contribution in [2.24, 2.45) is 35.5 Å². The number of carbonyl (C=O) groups excluding carboxylic acids is 2. The number of anilines is 1. The molecule has 1 saturated heterocycles. The molecule has 1 aromatic heterocycles. The molecule has 6 unspecified atom stereocenters. The fourth-order valence-corrected chi connectivity index (χ4v) is 4.70. The molecule has 2 amide bonds. The Kier molecular flexibility index (Phi) is 1.82. The number of aromatic nitrogens is 1. The van der Waals surface area contributed by atoms with Crippen molar-refractivity contribution in [2.45, 2.75) is 6.42 Å². The summed E-state index contributed by atoms with van der Waals surface area (Å²) < 4.78 is 0. The molecule has 100 valence electrons. The number of imide groups is 1. The van der Waals surface area contributed by atoms with Gasteiger partial charge in [0.05, 0.1) is 23.7 Å². The molecule has 0 aromatic carbocycles. The smallest absolute Gasteiger partial charge is 0.238 e. The number of hydrogen-bond donors (Lipinski definition) is 0. The first kappa shape index (κ1) is 10.8. The zero-order valence-corrected chi connectivity index (χ0v) is 10.8. The van der Waals surface area contributed by atoms with Crippen molar-refractivity contribution in [3.8, 4) is 0 Å². The molecule has 0 radical (unpaired) electrons. The molecule has 20 heavy (non-hydrogen) atoms. The van der Waals surface area contributed by atoms with Crippen LogP contribution in [0.25, 0.3) is 0 Å². The van der Waals surface area contributed by atoms with Gasteiger partial charge in [0, 0.05) is 6.20 Å². The first-order valence-corrected chi connectivity index (χ1v) is 7.23. The SMILES string of the molecule is O=C1C2C3C=CC(C4CC34)C2C(=O)N1c1cccnc1. The van der Waals surface area contributed by atoms with E-state index in [1.807, 2.05) is 0 Å². The van der Waals surface area contributed by atoms with Gasteiger partial charge in [-0.05, 0) is 42.2 Å². The average Bonchev–Trinajstić information content (AvgIpc) is 3.25. The molecule has 2 saturated carbocycles. The van der Waals surface area contributed by atoms with E-state index in [2.05, 4.69) is 17.1 Å². The van der Waals surface area contributed by atoms with Crippen molar-refractivity contribution in [1.29, 1.82) is 0 Å². The molecular formula is C16H14N2O2. The molecule has 0 N–H and O–H groups in total. The van der Waals surface area contributed by atoms with Crippen molar-refractivity contribution in [3.05, 3.63) is 36.7 Å². The second-order valence-electron chi connectivity index (χ2n) is 6.38. The Morgan fingerprint density at radius 2 is 1.70 bits per heavy atom. The first-order chi connectivity index (χ1) is 9.77. The van der Waals surface area contributed by atoms with Crippen LogP contribution in [0.2, 0.25) is 0 Å². The van der Waals surface area contributed by atoms with E-state index in [-0.39, 0.29) is 35.5 Å². The number of amides is 2. The van der Waals surface area contributed by atoms with Crippen LogP contribution in [0.5, 0.6) is 0 Å². The van der Waals surface area contributed by atoms with Crippen molar-refractivity contribution in [3.63, 3.8) is 0 Å². The quantitative estimate of drug-likeness (QED) is 0.573. The third-order valence-corrected chi connectivity index (χ3v) is 5.57. The molecule has 4 nitrogen and oxygen atoms in total. The molecule has 4 aliphatic carbocycles. The summed E-state index contributed by atoms with van der Waals surface area (Å²) in [6.45, 7) is 0. The molecule has 0 spiro atoms. The third kappa shape index (κ3) is 1.11. The second kappa shape index (κ2) is 3.37. The van der Waals surface area contributed by atoms with E-state index in [1.165, 1.54) is 11.3 Å². The van der Waals surface area contributed by atoms with E-state index in [1.54, 1.807) is 24.5 Å². The Labute approximate surface area is 116 Å². The van der Waals surface area contributed by atoms with Gasteiger partial charge in [-0.15, -0.1) is 0 Å². The largest absolute Gasteiger partial charge is 0.274 e. The van der Waals surface area contributed by atoms with Crippen LogP contribution in [0.1, 0.15) is 6.42 Å². The highest BCUT2D eigenvalue weighted by molar-refractivity contribution is 6.22. The molecular weight excluding hydrogens is 252 g/mol. The Hall–Kier alpha value is -1.97. The predicted molar refractivity (Wildman–Crippen MR) is 71.4 cm³/mol. The van der Waals surface area contributed by atoms with Crippen molar-refractivity contribution in [2.75, 3.05) is 4.90 Å². The third-order valence-electron chi connectivity index (χ3n) is 5.57. The van der Waals surface area contributed by atoms with E-state index in [0.29, 0.717) is 17.5 Å². The summed E-state index contributed by atoms with van der Waals surface area (Å²) >= 11 is 0. The lowest BCUT2D eigenvalue weighted by molar-refractivity contribution is -0.124. The summed E-state index contributed by atoms with van der Waals surface area (Å²) in [6, 6.07) is 3.55. The topological polar surface area (TPSA) is 50.3 Å². The first-order valence-electron chi connectivity index (χ1n) is 7.23. The van der Waals surface area contributed by atoms with Crippen LogP contribution in [0.4, 0.5) is 5.69 Å². The zero-order chi connectivity index (χ0) is 13.4. The normalized spacial score (nSPS) is 43.7. The highest BCUT2D eigenvalue weighted by Crippen LogP contribution is 2.65. The lowest BCUT2D eigenvalue weighted by Crippen LogP contribution is -2.40. The standard InChI is InChI=1S/C16H14N2O2/c19-15-13-9-3-4-10(12-6-11(9)12)14(13)16(20)18(15)8-2-1-5-17-7-8/h1-5,7,9-14H,6H2. The predicted octanol–water partition coefficient (Wildman–Crippen LogP) is 1.64. The fraction of sp³-hybridized carbons (Fsp3) is 0.438. The number of allylic oxidation sites excluding steroid dienone is 2. The number of rotatable bonds is 1. The Bertz CT molecular complexity index is 618. The van der Waals surface area contributed by atoms with Crippen LogP contribution in [0, 0.1) is 35.5 Å². The maximum atomic E-state index is 12.7. The maximum absolute atomic E-state index is 12.7. The van der Waals surface area contributed by atoms with Crippen LogP contribution >= 0.6 is 0 Å². The summed E-state index contributed by atoms with van der Waals surface area (Å²) in [6.07, 6.45) is 8.84. The molecule has 3 fully saturated rings. The van der Waals surface area contributed by atoms with E-state index in [0.717, 1.165) is 0 Å². The van der Waals surface area contributed by atoms with Crippen LogP contribution in [0.15, 0.2) is 36.7 Å². The number of carbonyl (C=O) groups is 2. The highest BCUT2D eigenvalue weighted by atomic mass is 16.2. The van der Waals surface area contributed by atoms with E-state index in [9.17, 15) is 9.59 Å². The fourth-order valence-electron chi connectivity index (χ4n) is 4.70. The van der Waals surface area contributed by atoms with Crippen LogP contribution in [-0.4, -0.2) is 16.8 Å². The Morgan fingerprint density at radius 3 is 2.25 bits per heavy atom. The van der Waals surface area contributed by atoms with Crippen LogP contribution < -0.4 is 4.90 Å². The minimum absolute atomic E-state index is 0.0160. The molecule has 1 aliphatic heterocycles. The van der Waals surface area contributed by atoms with Gasteiger partial charge in [0.15, 0.2) is 0 Å². The maximum Gasteiger partial charge on any atom is 0.238 e. The Morgan fingerprint density at radius 1 is 1.05 bits per heavy atom. The van der Waals surface area contributed by atoms with E-state index < -0.39 is 0 Å². The molecule has 5 aliphatic rings. The van der Waals surface area contributed by atoms with Gasteiger partial charge >= 0.3 is 0 Å². The van der Waals surface area contributed by atoms with Gasteiger partial charge in [-0.3, -0.25) is 14.6 Å². The van der Waals surface area contributed by atoms with Crippen molar-refractivity contribution >= 4 is 17.5 Å². The summed E-state index contributed by atoms with van der Waals surface area (Å²) in [5, 5.41) is 0. The van der Waals surface area contributed by atoms with Crippen LogP contribution in [0.3, 0.4) is 0 Å². The minimum atomic E-state index is -0.124. The van der Waals surface area contributed by atoms with Crippen molar-refractivity contribution < 1.29 is 9.59 Å². The highest BCUT2D eigenvalue weighted by Gasteiger charge is 2.67. The molecule has 6 atom stereocenters. The summed E-state index contributed by atoms with van der Waals surface area (Å²) in [5.41, 5.74) is 0.616. The van der Waals surface area contributed by atoms with Gasteiger partial charge in [0.25, 0.3) is 0 Å². The molecule has 1 aromatic rings. The van der Waals surface area contributed by atoms with Gasteiger partial charge in [0.1, 0.15) is 0 Å². The summed E-state index contributed by atoms with van der Waals surface area (Å²) in [5.74, 6) is 1.59. The molecule has 2 heterocycles. The lowest BCUT2D eigenvalue weighted by Gasteiger charge is -2.37. The average molecular weight is 266 g/mol. The molecule has 6 rings (SSSR count). The van der Waals surface area contributed by atoms with E-state index >= 15 is 0 Å². The van der Waals surface area contributed by atoms with Gasteiger partial charge in [-0.1, -0.05) is 12.2 Å². The number of pyridine rings is 1. The van der Waals surface area contributed by atoms with Crippen LogP contribution in [-0.2, 0) is 9.59 Å². The summed E-state index contributed by atoms with van der Waals surface area (Å²) in [4.78, 5) is 30.9. The monoisotopic (exact) mass is 266 g/mol. The summed E-state index contributed by atoms with van der Waals surface area (Å²) in [7, 11) is 0. The molecule has 2 bridgehead atoms. The number of nitrogens with zero attached hydrogens (tertiary/aromatic N) is 2. The Balaban J connectivity index is 1.61. The second-order valence-corrected chi connectivity index (χ2v) is 6.38.